The Kier molecular flexibility index (Phi) is 5.71. The monoisotopic (exact) mass is 483 g/mol. The largest absolute Gasteiger partial charge is 0.330 e. The summed E-state index contributed by atoms with van der Waals surface area (Å²) in [7, 11) is 0. The van der Waals surface area contributed by atoms with Gasteiger partial charge in [0.15, 0.2) is 0 Å². The first-order valence-corrected chi connectivity index (χ1v) is 13.4. The molecule has 0 bridgehead atoms. The fraction of sp³-hybridized carbons (Fsp3) is 0.387. The summed E-state index contributed by atoms with van der Waals surface area (Å²) >= 11 is 1.88. The summed E-state index contributed by atoms with van der Waals surface area (Å²) in [5, 5.41) is 6.37. The number of hydrogen-bond donors (Lipinski definition) is 0. The van der Waals surface area contributed by atoms with Crippen molar-refractivity contribution in [2.24, 2.45) is 0 Å². The molecule has 1 atom stereocenters. The Labute approximate surface area is 214 Å². The maximum absolute atomic E-state index is 5.05. The van der Waals surface area contributed by atoms with Gasteiger partial charge in [-0.15, -0.1) is 11.3 Å². The Balaban J connectivity index is 1.81. The van der Waals surface area contributed by atoms with Gasteiger partial charge < -0.3 is 4.90 Å². The van der Waals surface area contributed by atoms with Crippen LogP contribution >= 0.6 is 11.3 Å². The van der Waals surface area contributed by atoms with Crippen molar-refractivity contribution in [1.29, 1.82) is 0 Å². The molecule has 3 nitrogen and oxygen atoms in total. The summed E-state index contributed by atoms with van der Waals surface area (Å²) < 4.78 is 2.26. The summed E-state index contributed by atoms with van der Waals surface area (Å²) in [5.41, 5.74) is 13.0. The molecule has 0 N–H and O–H groups in total. The SMILES string of the molecule is Cc1cc(C)c(-c2c(C)cnn2-c2c(C(C)(C)C)ccc3c2CC(C)N3c2ccc(C)s2)c(C)c1. The van der Waals surface area contributed by atoms with Crippen molar-refractivity contribution in [3.05, 3.63) is 80.9 Å². The minimum atomic E-state index is -0.00493. The Bertz CT molecular complexity index is 1410. The zero-order valence-corrected chi connectivity index (χ0v) is 23.4. The van der Waals surface area contributed by atoms with Gasteiger partial charge in [0.25, 0.3) is 0 Å². The number of aryl methyl sites for hydroxylation is 5. The number of hydrogen-bond acceptors (Lipinski definition) is 3. The van der Waals surface area contributed by atoms with E-state index in [0.717, 1.165) is 6.42 Å². The highest BCUT2D eigenvalue weighted by Crippen LogP contribution is 2.47. The van der Waals surface area contributed by atoms with E-state index in [1.807, 2.05) is 17.5 Å². The number of anilines is 2. The second-order valence-corrected chi connectivity index (χ2v) is 12.6. The lowest BCUT2D eigenvalue weighted by molar-refractivity contribution is 0.582. The third-order valence-corrected chi connectivity index (χ3v) is 8.31. The van der Waals surface area contributed by atoms with Gasteiger partial charge in [-0.2, -0.15) is 5.10 Å². The highest BCUT2D eigenvalue weighted by atomic mass is 32.1. The number of benzene rings is 2. The van der Waals surface area contributed by atoms with Crippen LogP contribution in [-0.4, -0.2) is 15.8 Å². The number of nitrogens with zero attached hydrogens (tertiary/aromatic N) is 3. The molecule has 2 aromatic carbocycles. The Morgan fingerprint density at radius 2 is 1.60 bits per heavy atom. The van der Waals surface area contributed by atoms with E-state index >= 15 is 0 Å². The summed E-state index contributed by atoms with van der Waals surface area (Å²) in [6, 6.07) is 14.2. The van der Waals surface area contributed by atoms with Crippen molar-refractivity contribution < 1.29 is 0 Å². The van der Waals surface area contributed by atoms with E-state index in [1.54, 1.807) is 0 Å². The van der Waals surface area contributed by atoms with E-state index in [-0.39, 0.29) is 5.41 Å². The second-order valence-electron chi connectivity index (χ2n) is 11.4. The van der Waals surface area contributed by atoms with E-state index in [2.05, 4.69) is 108 Å². The van der Waals surface area contributed by atoms with Crippen LogP contribution in [0, 0.1) is 34.6 Å². The molecule has 0 radical (unpaired) electrons. The zero-order valence-electron chi connectivity index (χ0n) is 22.6. The standard InChI is InChI=1S/C31H37N3S/c1-18-14-19(2)28(20(3)15-18)29-21(4)17-32-34(29)30-24-16-22(5)33(27-13-10-23(6)35-27)26(24)12-11-25(30)31(7,8)9/h10-15,17,22H,16H2,1-9H3. The van der Waals surface area contributed by atoms with E-state index < -0.39 is 0 Å². The average Bonchev–Trinajstić information content (AvgIpc) is 3.42. The van der Waals surface area contributed by atoms with E-state index in [4.69, 9.17) is 5.10 Å². The Morgan fingerprint density at radius 3 is 2.20 bits per heavy atom. The lowest BCUT2D eigenvalue weighted by Crippen LogP contribution is -2.22. The minimum absolute atomic E-state index is 0.00493. The van der Waals surface area contributed by atoms with Crippen LogP contribution in [-0.2, 0) is 11.8 Å². The van der Waals surface area contributed by atoms with Crippen LogP contribution in [0.2, 0.25) is 0 Å². The predicted octanol–water partition coefficient (Wildman–Crippen LogP) is 8.52. The molecule has 0 saturated heterocycles. The molecule has 3 heterocycles. The van der Waals surface area contributed by atoms with Gasteiger partial charge in [0, 0.05) is 27.7 Å². The molecule has 4 aromatic rings. The van der Waals surface area contributed by atoms with Gasteiger partial charge in [0.05, 0.1) is 22.6 Å². The minimum Gasteiger partial charge on any atom is -0.330 e. The molecule has 182 valence electrons. The van der Waals surface area contributed by atoms with Gasteiger partial charge in [-0.1, -0.05) is 44.5 Å². The third kappa shape index (κ3) is 3.92. The zero-order chi connectivity index (χ0) is 25.2. The fourth-order valence-corrected chi connectivity index (χ4v) is 6.85. The maximum Gasteiger partial charge on any atom is 0.0958 e. The Hall–Kier alpha value is -2.85. The first-order valence-electron chi connectivity index (χ1n) is 12.6. The molecular weight excluding hydrogens is 446 g/mol. The number of aromatic nitrogens is 2. The molecule has 35 heavy (non-hydrogen) atoms. The van der Waals surface area contributed by atoms with Crippen molar-refractivity contribution in [2.75, 3.05) is 4.90 Å². The van der Waals surface area contributed by atoms with Crippen LogP contribution in [0.1, 0.15) is 66.0 Å². The molecule has 4 heteroatoms. The average molecular weight is 484 g/mol. The van der Waals surface area contributed by atoms with Crippen LogP contribution in [0.15, 0.2) is 42.6 Å². The fourth-order valence-electron chi connectivity index (χ4n) is 5.87. The highest BCUT2D eigenvalue weighted by molar-refractivity contribution is 7.16. The van der Waals surface area contributed by atoms with Gasteiger partial charge in [-0.3, -0.25) is 0 Å². The Morgan fingerprint density at radius 1 is 0.914 bits per heavy atom. The van der Waals surface area contributed by atoms with Gasteiger partial charge in [-0.25, -0.2) is 4.68 Å². The molecule has 2 aromatic heterocycles. The second kappa shape index (κ2) is 8.37. The van der Waals surface area contributed by atoms with Gasteiger partial charge in [-0.05, 0) is 93.8 Å². The topological polar surface area (TPSA) is 21.1 Å². The van der Waals surface area contributed by atoms with Crippen molar-refractivity contribution in [1.82, 2.24) is 9.78 Å². The van der Waals surface area contributed by atoms with Gasteiger partial charge in [0.2, 0.25) is 0 Å². The van der Waals surface area contributed by atoms with Crippen LogP contribution in [0.25, 0.3) is 16.9 Å². The van der Waals surface area contributed by atoms with Gasteiger partial charge >= 0.3 is 0 Å². The summed E-state index contributed by atoms with van der Waals surface area (Å²) in [5.74, 6) is 0. The van der Waals surface area contributed by atoms with Crippen molar-refractivity contribution >= 4 is 22.0 Å². The summed E-state index contributed by atoms with van der Waals surface area (Å²) in [6.07, 6.45) is 3.05. The smallest absolute Gasteiger partial charge is 0.0958 e. The van der Waals surface area contributed by atoms with Gasteiger partial charge in [0.1, 0.15) is 0 Å². The molecule has 0 aliphatic carbocycles. The predicted molar refractivity (Wildman–Crippen MR) is 151 cm³/mol. The lowest BCUT2D eigenvalue weighted by atomic mass is 9.83. The first kappa shape index (κ1) is 23.9. The lowest BCUT2D eigenvalue weighted by Gasteiger charge is -2.28. The van der Waals surface area contributed by atoms with Crippen LogP contribution in [0.3, 0.4) is 0 Å². The molecule has 0 amide bonds. The molecule has 1 unspecified atom stereocenters. The van der Waals surface area contributed by atoms with Crippen molar-refractivity contribution in [3.8, 4) is 16.9 Å². The molecular formula is C31H37N3S. The van der Waals surface area contributed by atoms with Crippen LogP contribution in [0.4, 0.5) is 10.7 Å². The summed E-state index contributed by atoms with van der Waals surface area (Å²) in [6.45, 7) is 20.3. The highest BCUT2D eigenvalue weighted by Gasteiger charge is 2.35. The normalized spacial score (nSPS) is 15.7. The molecule has 5 rings (SSSR count). The van der Waals surface area contributed by atoms with Crippen LogP contribution in [0.5, 0.6) is 0 Å². The number of rotatable bonds is 3. The van der Waals surface area contributed by atoms with Crippen molar-refractivity contribution in [3.63, 3.8) is 0 Å². The van der Waals surface area contributed by atoms with E-state index in [1.165, 1.54) is 65.9 Å². The van der Waals surface area contributed by atoms with E-state index in [0.29, 0.717) is 6.04 Å². The molecule has 0 spiro atoms. The van der Waals surface area contributed by atoms with E-state index in [9.17, 15) is 0 Å². The number of thiophene rings is 1. The first-order chi connectivity index (χ1) is 16.5. The summed E-state index contributed by atoms with van der Waals surface area (Å²) in [4.78, 5) is 3.88. The molecule has 1 aliphatic heterocycles. The number of fused-ring (bicyclic) bond motifs is 1. The maximum atomic E-state index is 5.05. The van der Waals surface area contributed by atoms with Crippen LogP contribution < -0.4 is 4.90 Å². The quantitative estimate of drug-likeness (QED) is 0.291. The molecule has 0 fully saturated rings. The molecule has 1 aliphatic rings. The van der Waals surface area contributed by atoms with Crippen molar-refractivity contribution in [2.45, 2.75) is 80.2 Å². The molecule has 0 saturated carbocycles. The third-order valence-electron chi connectivity index (χ3n) is 7.31.